The first-order chi connectivity index (χ1) is 16.8. The highest BCUT2D eigenvalue weighted by atomic mass is 16.7. The number of phenolic OH excluding ortho intramolecular Hbond substituents is 2. The lowest BCUT2D eigenvalue weighted by molar-refractivity contribution is -0.172. The van der Waals surface area contributed by atoms with Gasteiger partial charge in [-0.3, -0.25) is 14.4 Å². The third-order valence-electron chi connectivity index (χ3n) is 6.69. The van der Waals surface area contributed by atoms with Gasteiger partial charge in [-0.05, 0) is 29.8 Å². The van der Waals surface area contributed by atoms with Gasteiger partial charge in [0.05, 0.1) is 11.0 Å². The van der Waals surface area contributed by atoms with Gasteiger partial charge in [-0.25, -0.2) is 4.79 Å². The van der Waals surface area contributed by atoms with E-state index in [-0.39, 0.29) is 42.1 Å². The lowest BCUT2D eigenvalue weighted by atomic mass is 9.68. The van der Waals surface area contributed by atoms with Crippen LogP contribution in [0.4, 0.5) is 0 Å². The van der Waals surface area contributed by atoms with Crippen molar-refractivity contribution in [3.8, 4) is 23.0 Å². The summed E-state index contributed by atoms with van der Waals surface area (Å²) in [6.45, 7) is 0. The molecule has 2 N–H and O–H groups in total. The molecule has 2 amide bonds. The molecule has 0 saturated carbocycles. The molecule has 0 unspecified atom stereocenters. The Kier molecular flexibility index (Phi) is 4.28. The van der Waals surface area contributed by atoms with Crippen molar-refractivity contribution in [2.45, 2.75) is 24.7 Å². The fourth-order valence-electron chi connectivity index (χ4n) is 5.14. The number of fused-ring (bicyclic) bond motifs is 6. The number of amides is 2. The van der Waals surface area contributed by atoms with Gasteiger partial charge >= 0.3 is 5.97 Å². The summed E-state index contributed by atoms with van der Waals surface area (Å²) < 4.78 is 5.96. The molecule has 35 heavy (non-hydrogen) atoms. The summed E-state index contributed by atoms with van der Waals surface area (Å²) in [6, 6.07) is 13.8. The van der Waals surface area contributed by atoms with Gasteiger partial charge in [0.1, 0.15) is 23.0 Å². The van der Waals surface area contributed by atoms with E-state index in [2.05, 4.69) is 0 Å². The first-order valence-electron chi connectivity index (χ1n) is 10.9. The third kappa shape index (κ3) is 2.94. The lowest BCUT2D eigenvalue weighted by Crippen LogP contribution is -2.32. The van der Waals surface area contributed by atoms with E-state index < -0.39 is 23.2 Å². The molecule has 0 bridgehead atoms. The van der Waals surface area contributed by atoms with Crippen LogP contribution < -0.4 is 4.74 Å². The molecule has 9 heteroatoms. The monoisotopic (exact) mass is 471 g/mol. The Morgan fingerprint density at radius 3 is 2.00 bits per heavy atom. The zero-order valence-corrected chi connectivity index (χ0v) is 18.1. The zero-order valence-electron chi connectivity index (χ0n) is 18.1. The van der Waals surface area contributed by atoms with Gasteiger partial charge in [0.15, 0.2) is 5.78 Å². The number of nitrogens with zero attached hydrogens (tertiary/aromatic N) is 1. The predicted octanol–water partition coefficient (Wildman–Crippen LogP) is 3.35. The second-order valence-electron chi connectivity index (χ2n) is 8.69. The molecule has 0 atom stereocenters. The fraction of sp³-hybridized carbons (Fsp3) is 0.154. The largest absolute Gasteiger partial charge is 0.508 e. The van der Waals surface area contributed by atoms with Crippen LogP contribution in [0.3, 0.4) is 0 Å². The van der Waals surface area contributed by atoms with E-state index in [0.717, 1.165) is 0 Å². The Bertz CT molecular complexity index is 1420. The van der Waals surface area contributed by atoms with Crippen molar-refractivity contribution in [1.29, 1.82) is 0 Å². The smallest absolute Gasteiger partial charge is 0.363 e. The molecule has 3 aromatic carbocycles. The van der Waals surface area contributed by atoms with Gasteiger partial charge in [0.2, 0.25) is 0 Å². The van der Waals surface area contributed by atoms with E-state index in [0.29, 0.717) is 38.8 Å². The van der Waals surface area contributed by atoms with Crippen molar-refractivity contribution in [3.63, 3.8) is 0 Å². The SMILES string of the molecule is O=C(ON1C(=O)CCC1=O)c1ccc2c(c1)C(=O)CC21c2ccc(O)cc2Oc2cc(O)ccc21. The second kappa shape index (κ2) is 7.17. The molecular weight excluding hydrogens is 454 g/mol. The standard InChI is InChI=1S/C26H17NO8/c28-14-2-5-18-21(10-14)34-22-11-15(29)3-6-19(22)26(18)12-20(30)16-9-13(1-4-17(16)26)25(33)35-27-23(31)7-8-24(27)32/h1-6,9-11,28-29H,7-8,12H2. The van der Waals surface area contributed by atoms with Crippen molar-refractivity contribution in [1.82, 2.24) is 5.06 Å². The summed E-state index contributed by atoms with van der Waals surface area (Å²) in [5.41, 5.74) is 1.27. The van der Waals surface area contributed by atoms with Crippen LogP contribution in [-0.4, -0.2) is 38.8 Å². The van der Waals surface area contributed by atoms with Gasteiger partial charge in [-0.2, -0.15) is 0 Å². The van der Waals surface area contributed by atoms with E-state index in [4.69, 9.17) is 9.57 Å². The maximum absolute atomic E-state index is 13.3. The average Bonchev–Trinajstić information content (AvgIpc) is 3.30. The van der Waals surface area contributed by atoms with Gasteiger partial charge in [-0.15, -0.1) is 5.06 Å². The third-order valence-corrected chi connectivity index (χ3v) is 6.69. The highest BCUT2D eigenvalue weighted by molar-refractivity contribution is 6.07. The van der Waals surface area contributed by atoms with Crippen LogP contribution in [0.1, 0.15) is 56.7 Å². The number of hydroxylamine groups is 2. The number of ketones is 1. The Labute approximate surface area is 198 Å². The van der Waals surface area contributed by atoms with E-state index in [1.807, 2.05) is 0 Å². The molecule has 1 spiro atoms. The lowest BCUT2D eigenvalue weighted by Gasteiger charge is -2.37. The van der Waals surface area contributed by atoms with Crippen molar-refractivity contribution >= 4 is 23.6 Å². The molecule has 9 nitrogen and oxygen atoms in total. The number of imide groups is 1. The van der Waals surface area contributed by atoms with Crippen molar-refractivity contribution < 1.29 is 39.0 Å². The topological polar surface area (TPSA) is 130 Å². The van der Waals surface area contributed by atoms with Crippen LogP contribution in [0.5, 0.6) is 23.0 Å². The van der Waals surface area contributed by atoms with Gasteiger partial charge < -0.3 is 19.8 Å². The predicted molar refractivity (Wildman–Crippen MR) is 118 cm³/mol. The number of phenols is 2. The maximum atomic E-state index is 13.3. The fourth-order valence-corrected chi connectivity index (χ4v) is 5.14. The molecule has 1 aliphatic carbocycles. The van der Waals surface area contributed by atoms with E-state index in [9.17, 15) is 29.4 Å². The van der Waals surface area contributed by atoms with Gasteiger partial charge in [0.25, 0.3) is 11.8 Å². The number of hydrogen-bond acceptors (Lipinski definition) is 8. The minimum atomic E-state index is -0.972. The van der Waals surface area contributed by atoms with Crippen LogP contribution in [0.25, 0.3) is 0 Å². The summed E-state index contributed by atoms with van der Waals surface area (Å²) in [4.78, 5) is 54.6. The van der Waals surface area contributed by atoms with Gasteiger partial charge in [0, 0.05) is 48.1 Å². The summed E-state index contributed by atoms with van der Waals surface area (Å²) in [6.07, 6.45) is -0.0184. The molecule has 2 heterocycles. The van der Waals surface area contributed by atoms with Crippen LogP contribution in [0, 0.1) is 0 Å². The van der Waals surface area contributed by atoms with E-state index in [1.165, 1.54) is 36.4 Å². The minimum absolute atomic E-state index is 0.0175. The molecule has 6 rings (SSSR count). The molecule has 3 aliphatic rings. The minimum Gasteiger partial charge on any atom is -0.508 e. The molecule has 0 aromatic heterocycles. The Morgan fingerprint density at radius 2 is 1.40 bits per heavy atom. The Balaban J connectivity index is 1.48. The van der Waals surface area contributed by atoms with Crippen molar-refractivity contribution in [3.05, 3.63) is 82.4 Å². The number of ether oxygens (including phenoxy) is 1. The molecule has 3 aromatic rings. The molecule has 1 saturated heterocycles. The second-order valence-corrected chi connectivity index (χ2v) is 8.69. The Hall–Kier alpha value is -4.66. The average molecular weight is 471 g/mol. The number of benzene rings is 3. The van der Waals surface area contributed by atoms with Crippen LogP contribution in [-0.2, 0) is 19.8 Å². The van der Waals surface area contributed by atoms with Gasteiger partial charge in [-0.1, -0.05) is 18.2 Å². The highest BCUT2D eigenvalue weighted by Gasteiger charge is 2.51. The number of aromatic hydroxyl groups is 2. The normalized spacial score (nSPS) is 17.1. The van der Waals surface area contributed by atoms with E-state index in [1.54, 1.807) is 18.2 Å². The molecule has 174 valence electrons. The summed E-state index contributed by atoms with van der Waals surface area (Å²) >= 11 is 0. The number of rotatable bonds is 2. The van der Waals surface area contributed by atoms with E-state index >= 15 is 0 Å². The molecular formula is C26H17NO8. The first-order valence-corrected chi connectivity index (χ1v) is 10.9. The number of carbonyl (C=O) groups excluding carboxylic acids is 4. The number of hydrogen-bond donors (Lipinski definition) is 2. The van der Waals surface area contributed by atoms with Crippen LogP contribution in [0.2, 0.25) is 0 Å². The first kappa shape index (κ1) is 20.9. The van der Waals surface area contributed by atoms with Crippen LogP contribution >= 0.6 is 0 Å². The van der Waals surface area contributed by atoms with Crippen molar-refractivity contribution in [2.75, 3.05) is 0 Å². The number of Topliss-reactive ketones (excluding diaryl/α,β-unsaturated/α-hetero) is 1. The molecule has 0 radical (unpaired) electrons. The highest BCUT2D eigenvalue weighted by Crippen LogP contribution is 2.58. The summed E-state index contributed by atoms with van der Waals surface area (Å²) in [7, 11) is 0. The quantitative estimate of drug-likeness (QED) is 0.544. The Morgan fingerprint density at radius 1 is 0.829 bits per heavy atom. The molecule has 1 fully saturated rings. The van der Waals surface area contributed by atoms with Crippen molar-refractivity contribution in [2.24, 2.45) is 0 Å². The summed E-state index contributed by atoms with van der Waals surface area (Å²) in [5.74, 6) is -1.69. The number of carbonyl (C=O) groups is 4. The summed E-state index contributed by atoms with van der Waals surface area (Å²) in [5, 5.41) is 20.5. The maximum Gasteiger partial charge on any atom is 0.363 e. The zero-order chi connectivity index (χ0) is 24.5. The van der Waals surface area contributed by atoms with Crippen LogP contribution in [0.15, 0.2) is 54.6 Å². The molecule has 2 aliphatic heterocycles.